The lowest BCUT2D eigenvalue weighted by atomic mass is 10.1. The summed E-state index contributed by atoms with van der Waals surface area (Å²) >= 11 is 0. The van der Waals surface area contributed by atoms with Crippen LogP contribution in [0.3, 0.4) is 0 Å². The lowest BCUT2D eigenvalue weighted by molar-refractivity contribution is -0.0208. The zero-order valence-electron chi connectivity index (χ0n) is 14.2. The normalized spacial score (nSPS) is 24.8. The first-order valence-electron chi connectivity index (χ1n) is 8.37. The van der Waals surface area contributed by atoms with Gasteiger partial charge in [0.1, 0.15) is 0 Å². The molecule has 0 aromatic carbocycles. The number of rotatable bonds is 0. The van der Waals surface area contributed by atoms with E-state index < -0.39 is 11.8 Å². The molecule has 0 aromatic heterocycles. The molecule has 0 bridgehead atoms. The quantitative estimate of drug-likeness (QED) is 0.590. The van der Waals surface area contributed by atoms with Crippen LogP contribution in [-0.4, -0.2) is 64.3 Å². The van der Waals surface area contributed by atoms with Crippen LogP contribution in [0.5, 0.6) is 0 Å². The van der Waals surface area contributed by atoms with Gasteiger partial charge in [0.25, 0.3) is 11.8 Å². The Bertz CT molecular complexity index is 250. The number of hydrogen-bond donors (Lipinski definition) is 3. The van der Waals surface area contributed by atoms with Gasteiger partial charge in [-0.15, -0.1) is 0 Å². The van der Waals surface area contributed by atoms with Crippen molar-refractivity contribution in [2.75, 3.05) is 52.5 Å². The molecule has 3 fully saturated rings. The van der Waals surface area contributed by atoms with Gasteiger partial charge in [-0.1, -0.05) is 13.8 Å². The minimum absolute atomic E-state index is 0.00694. The van der Waals surface area contributed by atoms with E-state index in [0.29, 0.717) is 13.0 Å². The lowest BCUT2D eigenvalue weighted by Gasteiger charge is -2.21. The van der Waals surface area contributed by atoms with Gasteiger partial charge in [-0.05, 0) is 13.0 Å². The number of morpholine rings is 1. The van der Waals surface area contributed by atoms with Crippen molar-refractivity contribution >= 4 is 0 Å². The average Bonchev–Trinajstić information content (AvgIpc) is 2.96. The van der Waals surface area contributed by atoms with Crippen molar-refractivity contribution in [2.45, 2.75) is 45.0 Å². The second-order valence-corrected chi connectivity index (χ2v) is 5.28. The summed E-state index contributed by atoms with van der Waals surface area (Å²) < 4.78 is 53.1. The van der Waals surface area contributed by atoms with E-state index in [-0.39, 0.29) is 25.9 Å². The third-order valence-corrected chi connectivity index (χ3v) is 3.18. The minimum Gasteiger partial charge on any atom is -0.379 e. The molecular weight excluding hydrogens is 314 g/mol. The van der Waals surface area contributed by atoms with Gasteiger partial charge in [-0.3, -0.25) is 0 Å². The Labute approximate surface area is 136 Å². The highest BCUT2D eigenvalue weighted by molar-refractivity contribution is 4.77. The summed E-state index contributed by atoms with van der Waals surface area (Å²) in [4.78, 5) is 0. The van der Waals surface area contributed by atoms with E-state index in [9.17, 15) is 17.6 Å². The van der Waals surface area contributed by atoms with E-state index in [2.05, 4.69) is 16.0 Å². The maximum Gasteiger partial charge on any atom is 0.261 e. The molecule has 3 N–H and O–H groups in total. The monoisotopic (exact) mass is 345 g/mol. The summed E-state index contributed by atoms with van der Waals surface area (Å²) in [7, 11) is 0. The first kappa shape index (κ1) is 22.6. The molecule has 3 aliphatic rings. The van der Waals surface area contributed by atoms with E-state index >= 15 is 0 Å². The third-order valence-electron chi connectivity index (χ3n) is 3.18. The first-order chi connectivity index (χ1) is 10.9. The summed E-state index contributed by atoms with van der Waals surface area (Å²) in [6.07, 6.45) is 0.667. The van der Waals surface area contributed by atoms with Gasteiger partial charge in [0.15, 0.2) is 0 Å². The second-order valence-electron chi connectivity index (χ2n) is 5.28. The number of nitrogens with one attached hydrogen (secondary N) is 3. The van der Waals surface area contributed by atoms with Crippen molar-refractivity contribution in [1.29, 1.82) is 0 Å². The van der Waals surface area contributed by atoms with Gasteiger partial charge in [-0.2, -0.15) is 0 Å². The molecule has 8 heteroatoms. The first-order valence-corrected chi connectivity index (χ1v) is 8.37. The van der Waals surface area contributed by atoms with Crippen molar-refractivity contribution < 1.29 is 22.3 Å². The largest absolute Gasteiger partial charge is 0.379 e. The molecule has 0 spiro atoms. The Balaban J connectivity index is 0.000000302. The molecule has 0 saturated carbocycles. The Kier molecular flexibility index (Phi) is 12.7. The average molecular weight is 345 g/mol. The number of piperidine rings is 1. The van der Waals surface area contributed by atoms with Crippen LogP contribution in [0.2, 0.25) is 0 Å². The van der Waals surface area contributed by atoms with Crippen molar-refractivity contribution in [3.05, 3.63) is 0 Å². The van der Waals surface area contributed by atoms with Crippen molar-refractivity contribution in [3.63, 3.8) is 0 Å². The Morgan fingerprint density at radius 1 is 0.696 bits per heavy atom. The zero-order chi connectivity index (χ0) is 17.6. The Hall–Kier alpha value is -0.440. The number of alkyl halides is 4. The summed E-state index contributed by atoms with van der Waals surface area (Å²) in [5, 5.41) is 8.35. The van der Waals surface area contributed by atoms with Gasteiger partial charge in [0.05, 0.1) is 26.3 Å². The van der Waals surface area contributed by atoms with Crippen LogP contribution in [0, 0.1) is 0 Å². The lowest BCUT2D eigenvalue weighted by Crippen LogP contribution is -2.38. The molecule has 0 unspecified atom stereocenters. The molecule has 0 aliphatic carbocycles. The fourth-order valence-electron chi connectivity index (χ4n) is 1.98. The summed E-state index contributed by atoms with van der Waals surface area (Å²) in [5.74, 6) is -4.85. The Morgan fingerprint density at radius 3 is 1.39 bits per heavy atom. The predicted molar refractivity (Wildman–Crippen MR) is 84.5 cm³/mol. The molecule has 3 heterocycles. The molecule has 0 amide bonds. The minimum atomic E-state index is -2.43. The molecule has 140 valence electrons. The van der Waals surface area contributed by atoms with Crippen LogP contribution in [0.4, 0.5) is 17.6 Å². The number of halogens is 4. The molecule has 0 atom stereocenters. The summed E-state index contributed by atoms with van der Waals surface area (Å²) in [5.41, 5.74) is 0. The van der Waals surface area contributed by atoms with Crippen molar-refractivity contribution in [3.8, 4) is 0 Å². The van der Waals surface area contributed by atoms with E-state index in [1.807, 2.05) is 13.8 Å². The van der Waals surface area contributed by atoms with Gasteiger partial charge in [0.2, 0.25) is 0 Å². The van der Waals surface area contributed by atoms with Crippen LogP contribution in [0.25, 0.3) is 0 Å². The molecule has 0 aromatic rings. The fourth-order valence-corrected chi connectivity index (χ4v) is 1.98. The number of hydrogen-bond acceptors (Lipinski definition) is 4. The van der Waals surface area contributed by atoms with Crippen LogP contribution in [0.15, 0.2) is 0 Å². The van der Waals surface area contributed by atoms with Gasteiger partial charge < -0.3 is 20.7 Å². The van der Waals surface area contributed by atoms with Crippen LogP contribution < -0.4 is 16.0 Å². The molecule has 3 rings (SSSR count). The molecule has 3 saturated heterocycles. The Morgan fingerprint density at radius 2 is 1.22 bits per heavy atom. The molecule has 0 radical (unpaired) electrons. The van der Waals surface area contributed by atoms with E-state index in [1.165, 1.54) is 0 Å². The second kappa shape index (κ2) is 12.9. The van der Waals surface area contributed by atoms with E-state index in [1.54, 1.807) is 0 Å². The molecular formula is C15H31F4N3O. The van der Waals surface area contributed by atoms with Crippen molar-refractivity contribution in [2.24, 2.45) is 0 Å². The topological polar surface area (TPSA) is 45.3 Å². The van der Waals surface area contributed by atoms with Gasteiger partial charge in [-0.25, -0.2) is 17.6 Å². The summed E-state index contributed by atoms with van der Waals surface area (Å²) in [6.45, 7) is 8.78. The highest BCUT2D eigenvalue weighted by Gasteiger charge is 2.32. The summed E-state index contributed by atoms with van der Waals surface area (Å²) in [6, 6.07) is 0. The SMILES string of the molecule is C1COCCN1.CC.FC1(F)CCCNC1.FC1(F)CCNC1. The highest BCUT2D eigenvalue weighted by Crippen LogP contribution is 2.21. The maximum atomic E-state index is 12.1. The van der Waals surface area contributed by atoms with Crippen LogP contribution in [-0.2, 0) is 4.74 Å². The third kappa shape index (κ3) is 13.7. The van der Waals surface area contributed by atoms with Crippen LogP contribution >= 0.6 is 0 Å². The van der Waals surface area contributed by atoms with E-state index in [0.717, 1.165) is 32.8 Å². The van der Waals surface area contributed by atoms with Gasteiger partial charge >= 0.3 is 0 Å². The molecule has 4 nitrogen and oxygen atoms in total. The highest BCUT2D eigenvalue weighted by atomic mass is 19.3. The molecule has 23 heavy (non-hydrogen) atoms. The fraction of sp³-hybridized carbons (Fsp3) is 1.00. The van der Waals surface area contributed by atoms with Gasteiger partial charge in [0, 0.05) is 32.5 Å². The standard InChI is InChI=1S/C5H9F2N.C4H7F2N.C4H9NO.C2H6/c6-5(7)2-1-3-8-4-5;5-4(6)1-2-7-3-4;1-3-6-4-2-5-1;1-2/h8H,1-4H2;7H,1-3H2;5H,1-4H2;1-2H3. The molecule has 3 aliphatic heterocycles. The van der Waals surface area contributed by atoms with E-state index in [4.69, 9.17) is 4.74 Å². The smallest absolute Gasteiger partial charge is 0.261 e. The van der Waals surface area contributed by atoms with Crippen molar-refractivity contribution in [1.82, 2.24) is 16.0 Å². The zero-order valence-corrected chi connectivity index (χ0v) is 14.2. The number of ether oxygens (including phenoxy) is 1. The maximum absolute atomic E-state index is 12.1. The predicted octanol–water partition coefficient (Wildman–Crippen LogP) is 2.25. The van der Waals surface area contributed by atoms with Crippen LogP contribution in [0.1, 0.15) is 33.1 Å².